The number of benzene rings is 2. The van der Waals surface area contributed by atoms with Crippen molar-refractivity contribution in [2.75, 3.05) is 5.32 Å². The highest BCUT2D eigenvalue weighted by Gasteiger charge is 2.13. The molecule has 0 bridgehead atoms. The second-order valence-electron chi connectivity index (χ2n) is 5.31. The van der Waals surface area contributed by atoms with Gasteiger partial charge in [0.05, 0.1) is 10.9 Å². The van der Waals surface area contributed by atoms with Gasteiger partial charge in [-0.2, -0.15) is 0 Å². The lowest BCUT2D eigenvalue weighted by atomic mass is 10.1. The van der Waals surface area contributed by atoms with Gasteiger partial charge in [0, 0.05) is 11.8 Å². The third kappa shape index (κ3) is 3.03. The van der Waals surface area contributed by atoms with E-state index in [1.165, 1.54) is 24.3 Å². The monoisotopic (exact) mass is 323 g/mol. The zero-order valence-electron chi connectivity index (χ0n) is 12.7. The fraction of sp³-hybridized carbons (Fsp3) is 0.0556. The average molecular weight is 323 g/mol. The number of amides is 1. The van der Waals surface area contributed by atoms with E-state index in [4.69, 9.17) is 9.52 Å². The maximum Gasteiger partial charge on any atom is 0.335 e. The zero-order valence-corrected chi connectivity index (χ0v) is 12.7. The lowest BCUT2D eigenvalue weighted by molar-refractivity contribution is 0.0696. The molecule has 0 aliphatic heterocycles. The highest BCUT2D eigenvalue weighted by Crippen LogP contribution is 2.16. The van der Waals surface area contributed by atoms with E-state index >= 15 is 0 Å². The summed E-state index contributed by atoms with van der Waals surface area (Å²) in [4.78, 5) is 35.2. The van der Waals surface area contributed by atoms with Crippen molar-refractivity contribution >= 4 is 28.5 Å². The number of hydrogen-bond donors (Lipinski definition) is 2. The number of hydrogen-bond acceptors (Lipinski definition) is 4. The molecule has 0 aliphatic carbocycles. The molecule has 0 aliphatic rings. The first kappa shape index (κ1) is 15.5. The van der Waals surface area contributed by atoms with Gasteiger partial charge in [0.25, 0.3) is 5.91 Å². The predicted octanol–water partition coefficient (Wildman–Crippen LogP) is 3.05. The van der Waals surface area contributed by atoms with E-state index < -0.39 is 11.9 Å². The van der Waals surface area contributed by atoms with Gasteiger partial charge in [-0.25, -0.2) is 4.79 Å². The Balaban J connectivity index is 1.90. The van der Waals surface area contributed by atoms with Gasteiger partial charge in [-0.1, -0.05) is 11.6 Å². The van der Waals surface area contributed by atoms with Crippen LogP contribution in [0.1, 0.15) is 26.5 Å². The topological polar surface area (TPSA) is 96.6 Å². The number of carboxylic acid groups (broad SMARTS) is 1. The van der Waals surface area contributed by atoms with Gasteiger partial charge in [0.2, 0.25) is 0 Å². The molecule has 0 fully saturated rings. The maximum atomic E-state index is 12.2. The number of carbonyl (C=O) groups is 2. The normalized spacial score (nSPS) is 10.5. The van der Waals surface area contributed by atoms with Crippen molar-refractivity contribution in [3.63, 3.8) is 0 Å². The maximum absolute atomic E-state index is 12.2. The minimum Gasteiger partial charge on any atom is -0.478 e. The highest BCUT2D eigenvalue weighted by atomic mass is 16.4. The SMILES string of the molecule is Cc1ccc2oc(C(=O)Nc3ccc(C(=O)O)cc3)cc(=O)c2c1. The summed E-state index contributed by atoms with van der Waals surface area (Å²) in [5.41, 5.74) is 1.47. The number of aromatic carboxylic acids is 1. The van der Waals surface area contributed by atoms with Crippen LogP contribution in [0.25, 0.3) is 11.0 Å². The Kier molecular flexibility index (Phi) is 3.87. The predicted molar refractivity (Wildman–Crippen MR) is 88.6 cm³/mol. The summed E-state index contributed by atoms with van der Waals surface area (Å²) in [5.74, 6) is -1.75. The molecule has 2 N–H and O–H groups in total. The van der Waals surface area contributed by atoms with Gasteiger partial charge in [0.15, 0.2) is 11.2 Å². The van der Waals surface area contributed by atoms with E-state index in [1.54, 1.807) is 18.2 Å². The molecule has 120 valence electrons. The summed E-state index contributed by atoms with van der Waals surface area (Å²) in [7, 11) is 0. The molecule has 0 radical (unpaired) electrons. The molecule has 24 heavy (non-hydrogen) atoms. The largest absolute Gasteiger partial charge is 0.478 e. The van der Waals surface area contributed by atoms with Crippen LogP contribution in [0, 0.1) is 6.92 Å². The molecule has 0 spiro atoms. The molecule has 6 nitrogen and oxygen atoms in total. The van der Waals surface area contributed by atoms with Crippen molar-refractivity contribution in [3.8, 4) is 0 Å². The lowest BCUT2D eigenvalue weighted by Gasteiger charge is -2.06. The Morgan fingerprint density at radius 3 is 2.42 bits per heavy atom. The van der Waals surface area contributed by atoms with Crippen LogP contribution in [0.4, 0.5) is 5.69 Å². The molecule has 0 saturated carbocycles. The molecule has 0 saturated heterocycles. The number of carboxylic acids is 1. The number of aryl methyl sites for hydroxylation is 1. The molecule has 3 rings (SSSR count). The summed E-state index contributed by atoms with van der Waals surface area (Å²) in [6.45, 7) is 1.86. The van der Waals surface area contributed by atoms with Gasteiger partial charge in [-0.05, 0) is 43.3 Å². The molecule has 2 aromatic carbocycles. The lowest BCUT2D eigenvalue weighted by Crippen LogP contribution is -2.15. The molecule has 1 amide bonds. The smallest absolute Gasteiger partial charge is 0.335 e. The van der Waals surface area contributed by atoms with E-state index in [2.05, 4.69) is 5.32 Å². The first-order valence-corrected chi connectivity index (χ1v) is 7.13. The van der Waals surface area contributed by atoms with E-state index in [0.717, 1.165) is 11.6 Å². The molecule has 1 aromatic heterocycles. The van der Waals surface area contributed by atoms with Crippen molar-refractivity contribution in [1.29, 1.82) is 0 Å². The van der Waals surface area contributed by atoms with Crippen molar-refractivity contribution in [3.05, 3.63) is 75.6 Å². The summed E-state index contributed by atoms with van der Waals surface area (Å²) >= 11 is 0. The number of carbonyl (C=O) groups excluding carboxylic acids is 1. The minimum atomic E-state index is -1.05. The van der Waals surface area contributed by atoms with Crippen LogP contribution in [0.5, 0.6) is 0 Å². The van der Waals surface area contributed by atoms with Crippen LogP contribution in [0.15, 0.2) is 57.7 Å². The van der Waals surface area contributed by atoms with Crippen molar-refractivity contribution in [2.24, 2.45) is 0 Å². The van der Waals surface area contributed by atoms with Crippen molar-refractivity contribution < 1.29 is 19.1 Å². The third-order valence-corrected chi connectivity index (χ3v) is 3.50. The fourth-order valence-corrected chi connectivity index (χ4v) is 2.27. The van der Waals surface area contributed by atoms with E-state index in [0.29, 0.717) is 16.7 Å². The summed E-state index contributed by atoms with van der Waals surface area (Å²) in [6, 6.07) is 11.9. The van der Waals surface area contributed by atoms with Gasteiger partial charge in [-0.15, -0.1) is 0 Å². The van der Waals surface area contributed by atoms with Gasteiger partial charge in [-0.3, -0.25) is 9.59 Å². The summed E-state index contributed by atoms with van der Waals surface area (Å²) in [5, 5.41) is 11.8. The van der Waals surface area contributed by atoms with E-state index in [1.807, 2.05) is 6.92 Å². The van der Waals surface area contributed by atoms with Crippen LogP contribution in [0.2, 0.25) is 0 Å². The number of fused-ring (bicyclic) bond motifs is 1. The highest BCUT2D eigenvalue weighted by molar-refractivity contribution is 6.03. The number of anilines is 1. The Labute approximate surface area is 136 Å². The summed E-state index contributed by atoms with van der Waals surface area (Å²) < 4.78 is 5.49. The summed E-state index contributed by atoms with van der Waals surface area (Å²) in [6.07, 6.45) is 0. The van der Waals surface area contributed by atoms with Crippen LogP contribution < -0.4 is 10.7 Å². The standard InChI is InChI=1S/C18H13NO5/c1-10-2-7-15-13(8-10)14(20)9-16(24-15)17(21)19-12-5-3-11(4-6-12)18(22)23/h2-9H,1H3,(H,19,21)(H,22,23). The van der Waals surface area contributed by atoms with Crippen LogP contribution in [-0.4, -0.2) is 17.0 Å². The van der Waals surface area contributed by atoms with Crippen molar-refractivity contribution in [2.45, 2.75) is 6.92 Å². The second kappa shape index (κ2) is 6.00. The zero-order chi connectivity index (χ0) is 17.3. The van der Waals surface area contributed by atoms with Crippen molar-refractivity contribution in [1.82, 2.24) is 0 Å². The third-order valence-electron chi connectivity index (χ3n) is 3.50. The first-order valence-electron chi connectivity index (χ1n) is 7.13. The molecule has 0 unspecified atom stereocenters. The number of nitrogens with one attached hydrogen (secondary N) is 1. The Morgan fingerprint density at radius 1 is 1.04 bits per heavy atom. The molecule has 0 atom stereocenters. The van der Waals surface area contributed by atoms with Gasteiger partial charge in [0.1, 0.15) is 5.58 Å². The molecule has 1 heterocycles. The van der Waals surface area contributed by atoms with Crippen LogP contribution in [-0.2, 0) is 0 Å². The second-order valence-corrected chi connectivity index (χ2v) is 5.31. The molecular formula is C18H13NO5. The van der Waals surface area contributed by atoms with Crippen LogP contribution in [0.3, 0.4) is 0 Å². The molecular weight excluding hydrogens is 310 g/mol. The van der Waals surface area contributed by atoms with Crippen LogP contribution >= 0.6 is 0 Å². The van der Waals surface area contributed by atoms with E-state index in [9.17, 15) is 14.4 Å². The fourth-order valence-electron chi connectivity index (χ4n) is 2.27. The Bertz CT molecular complexity index is 1000. The number of rotatable bonds is 3. The van der Waals surface area contributed by atoms with E-state index in [-0.39, 0.29) is 16.8 Å². The van der Waals surface area contributed by atoms with Gasteiger partial charge >= 0.3 is 5.97 Å². The van der Waals surface area contributed by atoms with Gasteiger partial charge < -0.3 is 14.8 Å². The Hall–Kier alpha value is -3.41. The average Bonchev–Trinajstić information content (AvgIpc) is 2.55. The molecule has 6 heteroatoms. The Morgan fingerprint density at radius 2 is 1.75 bits per heavy atom. The first-order chi connectivity index (χ1) is 11.4. The minimum absolute atomic E-state index is 0.112. The quantitative estimate of drug-likeness (QED) is 0.772. The molecule has 3 aromatic rings.